The first-order valence-electron chi connectivity index (χ1n) is 5.01. The van der Waals surface area contributed by atoms with Crippen LogP contribution < -0.4 is 11.3 Å². The fraction of sp³-hybridized carbons (Fsp3) is 0.455. The molecular weight excluding hydrogens is 275 g/mol. The summed E-state index contributed by atoms with van der Waals surface area (Å²) in [5.41, 5.74) is 3.55. The molecule has 0 aliphatic rings. The SMILES string of the molecule is COC(C)C(Cc1cc(F)ccc1Br)NN. The van der Waals surface area contributed by atoms with Gasteiger partial charge in [-0.05, 0) is 37.1 Å². The number of ether oxygens (including phenoxy) is 1. The van der Waals surface area contributed by atoms with Crippen molar-refractivity contribution in [1.82, 2.24) is 5.43 Å². The van der Waals surface area contributed by atoms with Gasteiger partial charge in [0.05, 0.1) is 12.1 Å². The molecule has 2 unspecified atom stereocenters. The number of rotatable bonds is 5. The summed E-state index contributed by atoms with van der Waals surface area (Å²) in [5, 5.41) is 0. The summed E-state index contributed by atoms with van der Waals surface area (Å²) in [6, 6.07) is 4.55. The molecular formula is C11H16BrFN2O. The molecule has 0 amide bonds. The minimum absolute atomic E-state index is 0.0415. The first-order chi connectivity index (χ1) is 7.58. The van der Waals surface area contributed by atoms with Crippen LogP contribution >= 0.6 is 15.9 Å². The lowest BCUT2D eigenvalue weighted by molar-refractivity contribution is 0.0830. The number of nitrogens with two attached hydrogens (primary N) is 1. The van der Waals surface area contributed by atoms with E-state index in [1.165, 1.54) is 12.1 Å². The van der Waals surface area contributed by atoms with E-state index in [1.807, 2.05) is 6.92 Å². The van der Waals surface area contributed by atoms with Crippen molar-refractivity contribution in [3.63, 3.8) is 0 Å². The molecule has 0 saturated carbocycles. The van der Waals surface area contributed by atoms with Crippen LogP contribution in [-0.2, 0) is 11.2 Å². The number of benzene rings is 1. The zero-order valence-corrected chi connectivity index (χ0v) is 10.9. The highest BCUT2D eigenvalue weighted by Crippen LogP contribution is 2.20. The summed E-state index contributed by atoms with van der Waals surface area (Å²) in [6.07, 6.45) is 0.560. The van der Waals surface area contributed by atoms with Crippen molar-refractivity contribution >= 4 is 15.9 Å². The molecule has 1 aromatic carbocycles. The number of hydrazine groups is 1. The van der Waals surface area contributed by atoms with Crippen LogP contribution in [0.5, 0.6) is 0 Å². The van der Waals surface area contributed by atoms with Crippen molar-refractivity contribution in [3.05, 3.63) is 34.1 Å². The standard InChI is InChI=1S/C11H16BrFN2O/c1-7(16-2)11(15-14)6-8-5-9(13)3-4-10(8)12/h3-5,7,11,15H,6,14H2,1-2H3. The Morgan fingerprint density at radius 3 is 2.81 bits per heavy atom. The van der Waals surface area contributed by atoms with Gasteiger partial charge in [0.15, 0.2) is 0 Å². The minimum atomic E-state index is -0.251. The summed E-state index contributed by atoms with van der Waals surface area (Å²) in [7, 11) is 1.62. The lowest BCUT2D eigenvalue weighted by Crippen LogP contribution is -2.45. The number of hydrogen-bond donors (Lipinski definition) is 2. The maximum Gasteiger partial charge on any atom is 0.123 e. The monoisotopic (exact) mass is 290 g/mol. The van der Waals surface area contributed by atoms with Gasteiger partial charge in [-0.1, -0.05) is 15.9 Å². The molecule has 90 valence electrons. The Kier molecular flexibility index (Phi) is 5.34. The fourth-order valence-corrected chi connectivity index (χ4v) is 1.87. The smallest absolute Gasteiger partial charge is 0.123 e. The Labute approximate surface area is 103 Å². The summed E-state index contributed by atoms with van der Waals surface area (Å²) in [4.78, 5) is 0. The number of methoxy groups -OCH3 is 1. The third kappa shape index (κ3) is 3.52. The largest absolute Gasteiger partial charge is 0.380 e. The molecule has 0 aliphatic carbocycles. The lowest BCUT2D eigenvalue weighted by Gasteiger charge is -2.22. The Morgan fingerprint density at radius 2 is 2.25 bits per heavy atom. The van der Waals surface area contributed by atoms with Crippen LogP contribution in [0.1, 0.15) is 12.5 Å². The molecule has 0 spiro atoms. The van der Waals surface area contributed by atoms with Crippen molar-refractivity contribution in [3.8, 4) is 0 Å². The van der Waals surface area contributed by atoms with Gasteiger partial charge in [0.1, 0.15) is 5.82 Å². The third-order valence-electron chi connectivity index (χ3n) is 2.60. The second-order valence-corrected chi connectivity index (χ2v) is 4.51. The Morgan fingerprint density at radius 1 is 1.56 bits per heavy atom. The van der Waals surface area contributed by atoms with E-state index >= 15 is 0 Å². The maximum absolute atomic E-state index is 13.1. The molecule has 0 aromatic heterocycles. The highest BCUT2D eigenvalue weighted by Gasteiger charge is 2.17. The van der Waals surface area contributed by atoms with E-state index in [4.69, 9.17) is 10.6 Å². The van der Waals surface area contributed by atoms with Crippen LogP contribution in [0, 0.1) is 5.82 Å². The van der Waals surface area contributed by atoms with Crippen molar-refractivity contribution in [2.45, 2.75) is 25.5 Å². The molecule has 5 heteroatoms. The van der Waals surface area contributed by atoms with Gasteiger partial charge >= 0.3 is 0 Å². The molecule has 0 fully saturated rings. The number of nitrogens with one attached hydrogen (secondary N) is 1. The zero-order valence-electron chi connectivity index (χ0n) is 9.34. The lowest BCUT2D eigenvalue weighted by atomic mass is 10.0. The van der Waals surface area contributed by atoms with E-state index < -0.39 is 0 Å². The first kappa shape index (κ1) is 13.6. The highest BCUT2D eigenvalue weighted by molar-refractivity contribution is 9.10. The molecule has 0 radical (unpaired) electrons. The predicted molar refractivity (Wildman–Crippen MR) is 65.4 cm³/mol. The molecule has 0 saturated heterocycles. The predicted octanol–water partition coefficient (Wildman–Crippen LogP) is 2.00. The van der Waals surface area contributed by atoms with E-state index in [9.17, 15) is 4.39 Å². The molecule has 16 heavy (non-hydrogen) atoms. The third-order valence-corrected chi connectivity index (χ3v) is 3.37. The topological polar surface area (TPSA) is 47.3 Å². The van der Waals surface area contributed by atoms with E-state index in [0.29, 0.717) is 6.42 Å². The summed E-state index contributed by atoms with van der Waals surface area (Å²) < 4.78 is 19.1. The van der Waals surface area contributed by atoms with Gasteiger partial charge in [0, 0.05) is 11.6 Å². The Hall–Kier alpha value is -0.490. The molecule has 0 aliphatic heterocycles. The van der Waals surface area contributed by atoms with Crippen molar-refractivity contribution in [2.24, 2.45) is 5.84 Å². The molecule has 1 aromatic rings. The average Bonchev–Trinajstić information content (AvgIpc) is 2.29. The van der Waals surface area contributed by atoms with Crippen LogP contribution in [0.15, 0.2) is 22.7 Å². The van der Waals surface area contributed by atoms with Crippen LogP contribution in [0.2, 0.25) is 0 Å². The van der Waals surface area contributed by atoms with Gasteiger partial charge in [-0.15, -0.1) is 0 Å². The van der Waals surface area contributed by atoms with Gasteiger partial charge in [-0.25, -0.2) is 4.39 Å². The van der Waals surface area contributed by atoms with Gasteiger partial charge in [0.25, 0.3) is 0 Å². The number of hydrogen-bond acceptors (Lipinski definition) is 3. The van der Waals surface area contributed by atoms with Gasteiger partial charge < -0.3 is 4.74 Å². The normalized spacial score (nSPS) is 14.8. The molecule has 3 nitrogen and oxygen atoms in total. The molecule has 0 heterocycles. The zero-order chi connectivity index (χ0) is 12.1. The Balaban J connectivity index is 2.81. The van der Waals surface area contributed by atoms with Gasteiger partial charge in [-0.2, -0.15) is 0 Å². The van der Waals surface area contributed by atoms with Crippen LogP contribution in [0.3, 0.4) is 0 Å². The molecule has 0 bridgehead atoms. The highest BCUT2D eigenvalue weighted by atomic mass is 79.9. The Bertz CT molecular complexity index is 349. The van der Waals surface area contributed by atoms with Crippen LogP contribution in [0.25, 0.3) is 0 Å². The van der Waals surface area contributed by atoms with Crippen molar-refractivity contribution in [1.29, 1.82) is 0 Å². The molecule has 3 N–H and O–H groups in total. The van der Waals surface area contributed by atoms with Gasteiger partial charge in [-0.3, -0.25) is 11.3 Å². The molecule has 2 atom stereocenters. The average molecular weight is 291 g/mol. The fourth-order valence-electron chi connectivity index (χ4n) is 1.46. The molecule has 1 rings (SSSR count). The van der Waals surface area contributed by atoms with Crippen molar-refractivity contribution in [2.75, 3.05) is 7.11 Å². The first-order valence-corrected chi connectivity index (χ1v) is 5.80. The number of halogens is 2. The van der Waals surface area contributed by atoms with E-state index in [-0.39, 0.29) is 18.0 Å². The second-order valence-electron chi connectivity index (χ2n) is 3.65. The van der Waals surface area contributed by atoms with Crippen LogP contribution in [-0.4, -0.2) is 19.3 Å². The summed E-state index contributed by atoms with van der Waals surface area (Å²) >= 11 is 3.38. The maximum atomic E-state index is 13.1. The second kappa shape index (κ2) is 6.30. The van der Waals surface area contributed by atoms with E-state index in [1.54, 1.807) is 13.2 Å². The van der Waals surface area contributed by atoms with Gasteiger partial charge in [0.2, 0.25) is 0 Å². The quantitative estimate of drug-likeness (QED) is 0.644. The van der Waals surface area contributed by atoms with E-state index in [2.05, 4.69) is 21.4 Å². The summed E-state index contributed by atoms with van der Waals surface area (Å²) in [6.45, 7) is 1.91. The van der Waals surface area contributed by atoms with Crippen LogP contribution in [0.4, 0.5) is 4.39 Å². The van der Waals surface area contributed by atoms with E-state index in [0.717, 1.165) is 10.0 Å². The summed E-state index contributed by atoms with van der Waals surface area (Å²) in [5.74, 6) is 5.20. The minimum Gasteiger partial charge on any atom is -0.380 e. The van der Waals surface area contributed by atoms with Crippen molar-refractivity contribution < 1.29 is 9.13 Å².